The molecule has 124 valence electrons. The summed E-state index contributed by atoms with van der Waals surface area (Å²) in [5.74, 6) is 0.340. The highest BCUT2D eigenvalue weighted by Gasteiger charge is 2.13. The van der Waals surface area contributed by atoms with E-state index in [0.29, 0.717) is 5.75 Å². The quantitative estimate of drug-likeness (QED) is 0.659. The number of nitrogens with one attached hydrogen (secondary N) is 2. The van der Waals surface area contributed by atoms with Crippen LogP contribution >= 0.6 is 0 Å². The van der Waals surface area contributed by atoms with Crippen molar-refractivity contribution in [2.75, 3.05) is 20.2 Å². The molecule has 2 rings (SSSR count). The number of rotatable bonds is 8. The molecule has 1 heterocycles. The molecular formula is C14H18N4O4S. The third-order valence-corrected chi connectivity index (χ3v) is 4.45. The van der Waals surface area contributed by atoms with E-state index in [1.165, 1.54) is 23.9 Å². The summed E-state index contributed by atoms with van der Waals surface area (Å²) in [5.41, 5.74) is 0. The van der Waals surface area contributed by atoms with Crippen LogP contribution in [0.25, 0.3) is 0 Å². The molecular weight excluding hydrogens is 320 g/mol. The number of hydrogen-bond donors (Lipinski definition) is 2. The fraction of sp³-hybridized carbons (Fsp3) is 0.286. The van der Waals surface area contributed by atoms with Crippen LogP contribution in [0, 0.1) is 0 Å². The van der Waals surface area contributed by atoms with Crippen LogP contribution in [0.4, 0.5) is 0 Å². The standard InChI is InChI=1S/C14H18N4O4S/c1-22-12-3-5-13(6-4-12)23(20,21)17-9-8-15-14(19)11-18-10-2-7-16-18/h2-7,10,17H,8-9,11H2,1H3,(H,15,19). The Morgan fingerprint density at radius 1 is 1.26 bits per heavy atom. The van der Waals surface area contributed by atoms with Gasteiger partial charge in [0.1, 0.15) is 12.3 Å². The molecule has 0 fully saturated rings. The molecule has 2 aromatic rings. The lowest BCUT2D eigenvalue weighted by Crippen LogP contribution is -2.36. The second-order valence-corrected chi connectivity index (χ2v) is 6.39. The first kappa shape index (κ1) is 17.0. The molecule has 0 aliphatic rings. The van der Waals surface area contributed by atoms with Crippen molar-refractivity contribution in [3.8, 4) is 5.75 Å². The molecule has 9 heteroatoms. The van der Waals surface area contributed by atoms with Crippen molar-refractivity contribution >= 4 is 15.9 Å². The van der Waals surface area contributed by atoms with Crippen molar-refractivity contribution in [1.29, 1.82) is 0 Å². The minimum absolute atomic E-state index is 0.0955. The average Bonchev–Trinajstić information content (AvgIpc) is 3.04. The number of carbonyl (C=O) groups is 1. The lowest BCUT2D eigenvalue weighted by molar-refractivity contribution is -0.121. The molecule has 0 saturated heterocycles. The third kappa shape index (κ3) is 5.08. The fourth-order valence-electron chi connectivity index (χ4n) is 1.82. The Morgan fingerprint density at radius 2 is 2.00 bits per heavy atom. The number of methoxy groups -OCH3 is 1. The summed E-state index contributed by atoms with van der Waals surface area (Å²) in [4.78, 5) is 11.8. The van der Waals surface area contributed by atoms with E-state index in [9.17, 15) is 13.2 Å². The van der Waals surface area contributed by atoms with E-state index in [1.54, 1.807) is 30.6 Å². The topological polar surface area (TPSA) is 102 Å². The van der Waals surface area contributed by atoms with E-state index >= 15 is 0 Å². The zero-order chi connectivity index (χ0) is 16.7. The number of benzene rings is 1. The first-order valence-corrected chi connectivity index (χ1v) is 8.37. The van der Waals surface area contributed by atoms with E-state index in [-0.39, 0.29) is 30.4 Å². The maximum Gasteiger partial charge on any atom is 0.241 e. The molecule has 1 aromatic carbocycles. The van der Waals surface area contributed by atoms with Crippen LogP contribution in [-0.4, -0.2) is 44.3 Å². The van der Waals surface area contributed by atoms with Crippen LogP contribution in [-0.2, 0) is 21.4 Å². The van der Waals surface area contributed by atoms with E-state index in [1.807, 2.05) is 0 Å². The Hall–Kier alpha value is -2.39. The molecule has 2 N–H and O–H groups in total. The number of nitrogens with zero attached hydrogens (tertiary/aromatic N) is 2. The number of hydrogen-bond acceptors (Lipinski definition) is 5. The second-order valence-electron chi connectivity index (χ2n) is 4.63. The largest absolute Gasteiger partial charge is 0.497 e. The van der Waals surface area contributed by atoms with Gasteiger partial charge in [0.05, 0.1) is 12.0 Å². The second kappa shape index (κ2) is 7.75. The molecule has 0 unspecified atom stereocenters. The number of amides is 1. The highest BCUT2D eigenvalue weighted by atomic mass is 32.2. The van der Waals surface area contributed by atoms with Crippen molar-refractivity contribution in [2.45, 2.75) is 11.4 Å². The molecule has 0 bridgehead atoms. The van der Waals surface area contributed by atoms with Gasteiger partial charge in [0, 0.05) is 25.5 Å². The van der Waals surface area contributed by atoms with Crippen molar-refractivity contribution < 1.29 is 17.9 Å². The SMILES string of the molecule is COc1ccc(S(=O)(=O)NCCNC(=O)Cn2cccn2)cc1. The van der Waals surface area contributed by atoms with Gasteiger partial charge in [0.15, 0.2) is 0 Å². The minimum atomic E-state index is -3.61. The zero-order valence-corrected chi connectivity index (χ0v) is 13.4. The zero-order valence-electron chi connectivity index (χ0n) is 12.6. The van der Waals surface area contributed by atoms with E-state index in [2.05, 4.69) is 15.1 Å². The van der Waals surface area contributed by atoms with Crippen molar-refractivity contribution in [3.63, 3.8) is 0 Å². The summed E-state index contributed by atoms with van der Waals surface area (Å²) in [6.45, 7) is 0.382. The Labute approximate surface area is 134 Å². The number of ether oxygens (including phenoxy) is 1. The number of aromatic nitrogens is 2. The Balaban J connectivity index is 1.77. The van der Waals surface area contributed by atoms with Gasteiger partial charge in [-0.05, 0) is 30.3 Å². The smallest absolute Gasteiger partial charge is 0.241 e. The summed E-state index contributed by atoms with van der Waals surface area (Å²) in [6.07, 6.45) is 3.25. The maximum absolute atomic E-state index is 12.1. The lowest BCUT2D eigenvalue weighted by Gasteiger charge is -2.09. The summed E-state index contributed by atoms with van der Waals surface area (Å²) >= 11 is 0. The fourth-order valence-corrected chi connectivity index (χ4v) is 2.85. The maximum atomic E-state index is 12.1. The Kier molecular flexibility index (Phi) is 5.72. The molecule has 0 aliphatic heterocycles. The summed E-state index contributed by atoms with van der Waals surface area (Å²) in [6, 6.07) is 7.77. The highest BCUT2D eigenvalue weighted by molar-refractivity contribution is 7.89. The molecule has 8 nitrogen and oxygen atoms in total. The van der Waals surface area contributed by atoms with Crippen molar-refractivity contribution in [1.82, 2.24) is 19.8 Å². The Bertz CT molecular complexity index is 727. The van der Waals surface area contributed by atoms with Gasteiger partial charge in [-0.25, -0.2) is 13.1 Å². The van der Waals surface area contributed by atoms with Gasteiger partial charge >= 0.3 is 0 Å². The summed E-state index contributed by atoms with van der Waals surface area (Å²) < 4.78 is 33.0. The van der Waals surface area contributed by atoms with Gasteiger partial charge in [-0.15, -0.1) is 0 Å². The van der Waals surface area contributed by atoms with Crippen LogP contribution in [0.2, 0.25) is 0 Å². The molecule has 1 amide bonds. The Morgan fingerprint density at radius 3 is 2.61 bits per heavy atom. The van der Waals surface area contributed by atoms with Crippen LogP contribution < -0.4 is 14.8 Å². The van der Waals surface area contributed by atoms with Gasteiger partial charge in [-0.2, -0.15) is 5.10 Å². The van der Waals surface area contributed by atoms with Crippen molar-refractivity contribution in [2.24, 2.45) is 0 Å². The molecule has 0 spiro atoms. The minimum Gasteiger partial charge on any atom is -0.497 e. The van der Waals surface area contributed by atoms with Crippen LogP contribution in [0.3, 0.4) is 0 Å². The summed E-state index contributed by atoms with van der Waals surface area (Å²) in [7, 11) is -2.10. The van der Waals surface area contributed by atoms with Crippen LogP contribution in [0.15, 0.2) is 47.6 Å². The monoisotopic (exact) mass is 338 g/mol. The molecule has 1 aromatic heterocycles. The third-order valence-electron chi connectivity index (χ3n) is 2.97. The van der Waals surface area contributed by atoms with Gasteiger partial charge in [0.2, 0.25) is 15.9 Å². The predicted molar refractivity (Wildman–Crippen MR) is 83.4 cm³/mol. The van der Waals surface area contributed by atoms with Crippen molar-refractivity contribution in [3.05, 3.63) is 42.7 Å². The van der Waals surface area contributed by atoms with Gasteiger partial charge in [-0.1, -0.05) is 0 Å². The normalized spacial score (nSPS) is 11.2. The average molecular weight is 338 g/mol. The lowest BCUT2D eigenvalue weighted by atomic mass is 10.3. The van der Waals surface area contributed by atoms with Gasteiger partial charge < -0.3 is 10.1 Å². The first-order valence-electron chi connectivity index (χ1n) is 6.89. The van der Waals surface area contributed by atoms with E-state index in [0.717, 1.165) is 0 Å². The predicted octanol–water partition coefficient (Wildman–Crippen LogP) is -0.0136. The molecule has 0 saturated carbocycles. The van der Waals surface area contributed by atoms with Gasteiger partial charge in [-0.3, -0.25) is 9.48 Å². The van der Waals surface area contributed by atoms with Crippen LogP contribution in [0.5, 0.6) is 5.75 Å². The van der Waals surface area contributed by atoms with Crippen LogP contribution in [0.1, 0.15) is 0 Å². The number of sulfonamides is 1. The van der Waals surface area contributed by atoms with Gasteiger partial charge in [0.25, 0.3) is 0 Å². The molecule has 0 atom stereocenters. The first-order chi connectivity index (χ1) is 11.0. The molecule has 0 aliphatic carbocycles. The highest BCUT2D eigenvalue weighted by Crippen LogP contribution is 2.14. The molecule has 0 radical (unpaired) electrons. The number of carbonyl (C=O) groups excluding carboxylic acids is 1. The van der Waals surface area contributed by atoms with E-state index in [4.69, 9.17) is 4.74 Å². The van der Waals surface area contributed by atoms with E-state index < -0.39 is 10.0 Å². The summed E-state index contributed by atoms with van der Waals surface area (Å²) in [5, 5.41) is 6.53. The molecule has 23 heavy (non-hydrogen) atoms.